The molecule has 5 nitrogen and oxygen atoms in total. The predicted molar refractivity (Wildman–Crippen MR) is 92.0 cm³/mol. The smallest absolute Gasteiger partial charge is 0.224 e. The second-order valence-electron chi connectivity index (χ2n) is 5.11. The molecular weight excluding hydrogens is 310 g/mol. The molecule has 3 heterocycles. The molecule has 0 aliphatic heterocycles. The van der Waals surface area contributed by atoms with Crippen molar-refractivity contribution in [3.63, 3.8) is 0 Å². The first kappa shape index (κ1) is 13.7. The number of aromatic amines is 1. The first-order valence-electron chi connectivity index (χ1n) is 7.03. The van der Waals surface area contributed by atoms with Crippen LogP contribution in [0, 0.1) is 0 Å². The zero-order valence-electron chi connectivity index (χ0n) is 12.0. The first-order chi connectivity index (χ1) is 11.2. The van der Waals surface area contributed by atoms with Crippen molar-refractivity contribution in [1.29, 1.82) is 0 Å². The van der Waals surface area contributed by atoms with Crippen molar-refractivity contribution in [2.24, 2.45) is 0 Å². The fraction of sp³-hybridized carbons (Fsp3) is 0. The van der Waals surface area contributed by atoms with Crippen LogP contribution in [-0.4, -0.2) is 19.9 Å². The molecule has 0 spiro atoms. The van der Waals surface area contributed by atoms with E-state index in [-0.39, 0.29) is 5.28 Å². The summed E-state index contributed by atoms with van der Waals surface area (Å²) in [7, 11) is 0. The Morgan fingerprint density at radius 1 is 0.913 bits per heavy atom. The molecule has 0 amide bonds. The Morgan fingerprint density at radius 3 is 2.39 bits per heavy atom. The summed E-state index contributed by atoms with van der Waals surface area (Å²) < 4.78 is 0. The Kier molecular flexibility index (Phi) is 3.20. The van der Waals surface area contributed by atoms with Crippen molar-refractivity contribution in [2.75, 3.05) is 5.73 Å². The van der Waals surface area contributed by atoms with E-state index in [0.717, 1.165) is 33.3 Å². The fourth-order valence-electron chi connectivity index (χ4n) is 2.64. The lowest BCUT2D eigenvalue weighted by atomic mass is 10.0. The lowest BCUT2D eigenvalue weighted by Gasteiger charge is -2.07. The molecule has 3 N–H and O–H groups in total. The summed E-state index contributed by atoms with van der Waals surface area (Å²) in [6.07, 6.45) is 5.32. The minimum atomic E-state index is 0.148. The second-order valence-corrected chi connectivity index (χ2v) is 5.45. The molecule has 23 heavy (non-hydrogen) atoms. The fourth-order valence-corrected chi connectivity index (χ4v) is 2.78. The highest BCUT2D eigenvalue weighted by molar-refractivity contribution is 6.28. The average Bonchev–Trinajstić information content (AvgIpc) is 3.04. The van der Waals surface area contributed by atoms with Gasteiger partial charge in [0.1, 0.15) is 11.5 Å². The third kappa shape index (κ3) is 2.41. The van der Waals surface area contributed by atoms with Gasteiger partial charge in [0.25, 0.3) is 0 Å². The maximum atomic E-state index is 5.92. The number of nitrogens with two attached hydrogens (primary N) is 1. The summed E-state index contributed by atoms with van der Waals surface area (Å²) in [5, 5.41) is 1.24. The normalized spacial score (nSPS) is 11.0. The highest BCUT2D eigenvalue weighted by Crippen LogP contribution is 2.30. The van der Waals surface area contributed by atoms with Crippen LogP contribution in [0.1, 0.15) is 0 Å². The molecule has 0 saturated heterocycles. The summed E-state index contributed by atoms with van der Waals surface area (Å²) in [6.45, 7) is 0. The molecule has 4 aromatic rings. The highest BCUT2D eigenvalue weighted by Gasteiger charge is 2.08. The SMILES string of the molecule is Nc1nc(Cl)ncc1-c1ccc(-c2ccnc3[nH]ccc23)cc1. The maximum absolute atomic E-state index is 5.92. The van der Waals surface area contributed by atoms with E-state index in [0.29, 0.717) is 5.82 Å². The van der Waals surface area contributed by atoms with E-state index < -0.39 is 0 Å². The number of aromatic nitrogens is 4. The van der Waals surface area contributed by atoms with Gasteiger partial charge in [-0.05, 0) is 40.4 Å². The topological polar surface area (TPSA) is 80.5 Å². The molecule has 0 aliphatic carbocycles. The molecule has 4 rings (SSSR count). The Labute approximate surface area is 137 Å². The van der Waals surface area contributed by atoms with E-state index in [1.807, 2.05) is 42.6 Å². The van der Waals surface area contributed by atoms with Crippen LogP contribution in [0.2, 0.25) is 5.28 Å². The van der Waals surface area contributed by atoms with E-state index in [4.69, 9.17) is 17.3 Å². The minimum Gasteiger partial charge on any atom is -0.383 e. The molecule has 112 valence electrons. The average molecular weight is 322 g/mol. The number of rotatable bonds is 2. The summed E-state index contributed by atoms with van der Waals surface area (Å²) in [5.74, 6) is 0.370. The summed E-state index contributed by atoms with van der Waals surface area (Å²) >= 11 is 5.74. The van der Waals surface area contributed by atoms with Gasteiger partial charge in [-0.15, -0.1) is 0 Å². The lowest BCUT2D eigenvalue weighted by molar-refractivity contribution is 1.18. The predicted octanol–water partition coefficient (Wildman–Crippen LogP) is 3.92. The third-order valence-electron chi connectivity index (χ3n) is 3.76. The number of nitrogen functional groups attached to an aromatic ring is 1. The molecule has 0 atom stereocenters. The quantitative estimate of drug-likeness (QED) is 0.548. The van der Waals surface area contributed by atoms with Crippen LogP contribution in [0.4, 0.5) is 5.82 Å². The molecule has 1 aromatic carbocycles. The molecule has 3 aromatic heterocycles. The summed E-state index contributed by atoms with van der Waals surface area (Å²) in [6, 6.07) is 12.1. The Morgan fingerprint density at radius 2 is 1.65 bits per heavy atom. The summed E-state index contributed by atoms with van der Waals surface area (Å²) in [4.78, 5) is 15.4. The van der Waals surface area contributed by atoms with Crippen LogP contribution in [0.25, 0.3) is 33.3 Å². The van der Waals surface area contributed by atoms with Gasteiger partial charge in [0.15, 0.2) is 0 Å². The van der Waals surface area contributed by atoms with E-state index in [1.54, 1.807) is 12.4 Å². The number of H-pyrrole nitrogens is 1. The number of pyridine rings is 1. The van der Waals surface area contributed by atoms with Crippen molar-refractivity contribution < 1.29 is 0 Å². The van der Waals surface area contributed by atoms with Crippen molar-refractivity contribution >= 4 is 28.5 Å². The van der Waals surface area contributed by atoms with Crippen molar-refractivity contribution in [1.82, 2.24) is 19.9 Å². The van der Waals surface area contributed by atoms with Gasteiger partial charge in [0, 0.05) is 29.5 Å². The zero-order valence-corrected chi connectivity index (χ0v) is 12.7. The number of hydrogen-bond acceptors (Lipinski definition) is 4. The number of nitrogens with one attached hydrogen (secondary N) is 1. The number of nitrogens with zero attached hydrogens (tertiary/aromatic N) is 3. The maximum Gasteiger partial charge on any atom is 0.224 e. The Bertz CT molecular complexity index is 991. The van der Waals surface area contributed by atoms with Crippen molar-refractivity contribution in [3.05, 3.63) is 60.3 Å². The first-order valence-corrected chi connectivity index (χ1v) is 7.41. The number of benzene rings is 1. The van der Waals surface area contributed by atoms with Gasteiger partial charge in [-0.25, -0.2) is 15.0 Å². The van der Waals surface area contributed by atoms with Gasteiger partial charge in [-0.2, -0.15) is 0 Å². The monoisotopic (exact) mass is 321 g/mol. The van der Waals surface area contributed by atoms with Crippen LogP contribution in [0.5, 0.6) is 0 Å². The van der Waals surface area contributed by atoms with Gasteiger partial charge in [0.2, 0.25) is 5.28 Å². The van der Waals surface area contributed by atoms with Gasteiger partial charge >= 0.3 is 0 Å². The molecule has 0 bridgehead atoms. The third-order valence-corrected chi connectivity index (χ3v) is 3.94. The van der Waals surface area contributed by atoms with E-state index in [1.165, 1.54) is 0 Å². The molecule has 0 radical (unpaired) electrons. The lowest BCUT2D eigenvalue weighted by Crippen LogP contribution is -1.96. The minimum absolute atomic E-state index is 0.148. The second kappa shape index (κ2) is 5.37. The van der Waals surface area contributed by atoms with Crippen LogP contribution in [0.3, 0.4) is 0 Å². The van der Waals surface area contributed by atoms with Crippen LogP contribution in [0.15, 0.2) is 55.0 Å². The van der Waals surface area contributed by atoms with Crippen LogP contribution < -0.4 is 5.73 Å². The van der Waals surface area contributed by atoms with Gasteiger partial charge in [0.05, 0.1) is 0 Å². The van der Waals surface area contributed by atoms with Crippen molar-refractivity contribution in [2.45, 2.75) is 0 Å². The van der Waals surface area contributed by atoms with Gasteiger partial charge in [-0.3, -0.25) is 0 Å². The van der Waals surface area contributed by atoms with Crippen LogP contribution in [-0.2, 0) is 0 Å². The molecule has 0 aliphatic rings. The number of anilines is 1. The molecule has 6 heteroatoms. The molecule has 0 unspecified atom stereocenters. The van der Waals surface area contributed by atoms with E-state index in [9.17, 15) is 0 Å². The zero-order chi connectivity index (χ0) is 15.8. The summed E-state index contributed by atoms with van der Waals surface area (Å²) in [5.41, 5.74) is 10.7. The standard InChI is InChI=1S/C17H12ClN5/c18-17-22-9-14(15(19)23-17)11-3-1-10(2-4-11)12-5-7-20-16-13(12)6-8-21-16/h1-9H,(H,20,21)(H2,19,22,23). The largest absolute Gasteiger partial charge is 0.383 e. The van der Waals surface area contributed by atoms with Gasteiger partial charge < -0.3 is 10.7 Å². The molecule has 0 fully saturated rings. The molecular formula is C17H12ClN5. The number of hydrogen-bond donors (Lipinski definition) is 2. The van der Waals surface area contributed by atoms with Crippen molar-refractivity contribution in [3.8, 4) is 22.3 Å². The Balaban J connectivity index is 1.77. The number of halogens is 1. The van der Waals surface area contributed by atoms with Gasteiger partial charge in [-0.1, -0.05) is 24.3 Å². The van der Waals surface area contributed by atoms with E-state index in [2.05, 4.69) is 19.9 Å². The van der Waals surface area contributed by atoms with E-state index >= 15 is 0 Å². The molecule has 0 saturated carbocycles. The Hall–Kier alpha value is -2.92. The highest BCUT2D eigenvalue weighted by atomic mass is 35.5. The van der Waals surface area contributed by atoms with Crippen LogP contribution >= 0.6 is 11.6 Å². The number of fused-ring (bicyclic) bond motifs is 1.